The number of fused-ring (bicyclic) bond motifs is 1. The Kier molecular flexibility index (Phi) is 4.88. The van der Waals surface area contributed by atoms with Gasteiger partial charge in [-0.3, -0.25) is 4.79 Å². The van der Waals surface area contributed by atoms with Crippen LogP contribution in [-0.2, 0) is 14.3 Å². The Labute approximate surface area is 144 Å². The quantitative estimate of drug-likeness (QED) is 0.613. The van der Waals surface area contributed by atoms with Gasteiger partial charge in [0.1, 0.15) is 29.3 Å². The molecule has 0 N–H and O–H groups in total. The predicted molar refractivity (Wildman–Crippen MR) is 90.5 cm³/mol. The Morgan fingerprint density at radius 3 is 2.64 bits per heavy atom. The molecule has 3 atom stereocenters. The molecule has 0 aliphatic heterocycles. The van der Waals surface area contributed by atoms with E-state index >= 15 is 0 Å². The number of hydrogen-bond donors (Lipinski definition) is 0. The van der Waals surface area contributed by atoms with Gasteiger partial charge in [0.25, 0.3) is 0 Å². The largest absolute Gasteiger partial charge is 0.490 e. The Bertz CT molecular complexity index is 828. The minimum atomic E-state index is -0.415. The molecule has 132 valence electrons. The number of esters is 1. The second kappa shape index (κ2) is 7.09. The second-order valence-electron chi connectivity index (χ2n) is 6.48. The van der Waals surface area contributed by atoms with Gasteiger partial charge in [-0.05, 0) is 31.5 Å². The molecule has 6 heteroatoms. The Morgan fingerprint density at radius 1 is 1.16 bits per heavy atom. The van der Waals surface area contributed by atoms with E-state index in [2.05, 4.69) is 0 Å². The maximum Gasteiger partial charge on any atom is 0.336 e. The van der Waals surface area contributed by atoms with Gasteiger partial charge in [0, 0.05) is 43.2 Å². The van der Waals surface area contributed by atoms with Crippen LogP contribution in [0.3, 0.4) is 0 Å². The molecule has 1 heterocycles. The van der Waals surface area contributed by atoms with E-state index in [4.69, 9.17) is 13.9 Å². The SMILES string of the molecule is CC(=O)C[C@@H]1C[C@@H](Oc2ccc3ccc(=O)oc3c2)C[C@@H]1OC(C)=O. The first-order chi connectivity index (χ1) is 11.9. The van der Waals surface area contributed by atoms with Crippen molar-refractivity contribution in [3.63, 3.8) is 0 Å². The number of carbonyl (C=O) groups excluding carboxylic acids is 2. The van der Waals surface area contributed by atoms with Gasteiger partial charge in [-0.25, -0.2) is 4.79 Å². The van der Waals surface area contributed by atoms with Gasteiger partial charge < -0.3 is 18.7 Å². The van der Waals surface area contributed by atoms with Crippen LogP contribution in [0.4, 0.5) is 0 Å². The number of rotatable bonds is 5. The van der Waals surface area contributed by atoms with E-state index in [1.165, 1.54) is 19.9 Å². The highest BCUT2D eigenvalue weighted by atomic mass is 16.5. The third-order valence-electron chi connectivity index (χ3n) is 4.35. The van der Waals surface area contributed by atoms with Gasteiger partial charge in [-0.1, -0.05) is 0 Å². The molecular formula is C19H20O6. The molecule has 0 saturated heterocycles. The van der Waals surface area contributed by atoms with E-state index in [-0.39, 0.29) is 29.9 Å². The van der Waals surface area contributed by atoms with Crippen LogP contribution in [0.5, 0.6) is 5.75 Å². The van der Waals surface area contributed by atoms with Gasteiger partial charge in [0.15, 0.2) is 0 Å². The van der Waals surface area contributed by atoms with Crippen molar-refractivity contribution in [3.05, 3.63) is 40.8 Å². The summed E-state index contributed by atoms with van der Waals surface area (Å²) in [4.78, 5) is 34.1. The average molecular weight is 344 g/mol. The van der Waals surface area contributed by atoms with Crippen LogP contribution in [0, 0.1) is 5.92 Å². The van der Waals surface area contributed by atoms with Crippen molar-refractivity contribution < 1.29 is 23.5 Å². The second-order valence-corrected chi connectivity index (χ2v) is 6.48. The summed E-state index contributed by atoms with van der Waals surface area (Å²) in [5.74, 6) is 0.253. The molecule has 0 radical (unpaired) electrons. The summed E-state index contributed by atoms with van der Waals surface area (Å²) in [6.45, 7) is 2.90. The summed E-state index contributed by atoms with van der Waals surface area (Å²) in [6, 6.07) is 8.37. The van der Waals surface area contributed by atoms with E-state index in [1.54, 1.807) is 12.1 Å². The third kappa shape index (κ3) is 4.26. The summed E-state index contributed by atoms with van der Waals surface area (Å²) < 4.78 is 16.5. The maximum absolute atomic E-state index is 11.5. The monoisotopic (exact) mass is 344 g/mol. The molecule has 1 saturated carbocycles. The highest BCUT2D eigenvalue weighted by molar-refractivity contribution is 5.77. The van der Waals surface area contributed by atoms with Gasteiger partial charge in [-0.2, -0.15) is 0 Å². The van der Waals surface area contributed by atoms with Crippen LogP contribution < -0.4 is 10.4 Å². The molecule has 6 nitrogen and oxygen atoms in total. The summed E-state index contributed by atoms with van der Waals surface area (Å²) in [5, 5.41) is 0.811. The number of Topliss-reactive ketones (excluding diaryl/α,β-unsaturated/α-hetero) is 1. The first-order valence-electron chi connectivity index (χ1n) is 8.28. The van der Waals surface area contributed by atoms with Crippen LogP contribution in [0.15, 0.2) is 39.5 Å². The molecule has 1 aromatic carbocycles. The molecule has 1 aliphatic rings. The Morgan fingerprint density at radius 2 is 1.92 bits per heavy atom. The zero-order valence-corrected chi connectivity index (χ0v) is 14.2. The van der Waals surface area contributed by atoms with E-state index in [1.807, 2.05) is 12.1 Å². The molecular weight excluding hydrogens is 324 g/mol. The van der Waals surface area contributed by atoms with Gasteiger partial charge >= 0.3 is 11.6 Å². The summed E-state index contributed by atoms with van der Waals surface area (Å²) >= 11 is 0. The molecule has 2 aromatic rings. The fraction of sp³-hybridized carbons (Fsp3) is 0.421. The highest BCUT2D eigenvalue weighted by Crippen LogP contribution is 2.34. The van der Waals surface area contributed by atoms with Gasteiger partial charge in [-0.15, -0.1) is 0 Å². The van der Waals surface area contributed by atoms with E-state index < -0.39 is 5.63 Å². The minimum Gasteiger partial charge on any atom is -0.490 e. The molecule has 0 amide bonds. The summed E-state index contributed by atoms with van der Waals surface area (Å²) in [7, 11) is 0. The molecule has 1 aliphatic carbocycles. The first-order valence-corrected chi connectivity index (χ1v) is 8.28. The molecule has 0 unspecified atom stereocenters. The average Bonchev–Trinajstić information content (AvgIpc) is 2.86. The van der Waals surface area contributed by atoms with E-state index in [9.17, 15) is 14.4 Å². The van der Waals surface area contributed by atoms with Gasteiger partial charge in [0.05, 0.1) is 0 Å². The van der Waals surface area contributed by atoms with E-state index in [0.717, 1.165) is 5.39 Å². The molecule has 25 heavy (non-hydrogen) atoms. The Hall–Kier alpha value is -2.63. The van der Waals surface area contributed by atoms with Crippen molar-refractivity contribution in [2.75, 3.05) is 0 Å². The fourth-order valence-corrected chi connectivity index (χ4v) is 3.38. The lowest BCUT2D eigenvalue weighted by Gasteiger charge is -2.17. The molecule has 1 aromatic heterocycles. The van der Waals surface area contributed by atoms with Crippen LogP contribution in [0.25, 0.3) is 11.0 Å². The molecule has 1 fully saturated rings. The summed E-state index contributed by atoms with van der Waals surface area (Å²) in [6.07, 6.45) is 1.05. The van der Waals surface area contributed by atoms with Crippen molar-refractivity contribution in [1.82, 2.24) is 0 Å². The van der Waals surface area contributed by atoms with Gasteiger partial charge in [0.2, 0.25) is 0 Å². The zero-order chi connectivity index (χ0) is 18.0. The van der Waals surface area contributed by atoms with Crippen molar-refractivity contribution >= 4 is 22.7 Å². The smallest absolute Gasteiger partial charge is 0.336 e. The lowest BCUT2D eigenvalue weighted by atomic mass is 9.99. The number of hydrogen-bond acceptors (Lipinski definition) is 6. The van der Waals surface area contributed by atoms with E-state index in [0.29, 0.717) is 30.6 Å². The summed E-state index contributed by atoms with van der Waals surface area (Å²) in [5.41, 5.74) is 0.0433. The van der Waals surface area contributed by atoms with Crippen LogP contribution >= 0.6 is 0 Å². The lowest BCUT2D eigenvalue weighted by Crippen LogP contribution is -2.22. The van der Waals surface area contributed by atoms with Crippen LogP contribution in [0.1, 0.15) is 33.1 Å². The molecule has 0 bridgehead atoms. The molecule has 3 rings (SSSR count). The Balaban J connectivity index is 1.74. The topological polar surface area (TPSA) is 82.8 Å². The van der Waals surface area contributed by atoms with Crippen LogP contribution in [-0.4, -0.2) is 24.0 Å². The normalized spacial score (nSPS) is 22.7. The zero-order valence-electron chi connectivity index (χ0n) is 14.2. The van der Waals surface area contributed by atoms with Crippen molar-refractivity contribution in [3.8, 4) is 5.75 Å². The number of ether oxygens (including phenoxy) is 2. The first kappa shape index (κ1) is 17.2. The highest BCUT2D eigenvalue weighted by Gasteiger charge is 2.38. The number of benzene rings is 1. The predicted octanol–water partition coefficient (Wildman–Crippen LogP) is 2.86. The maximum atomic E-state index is 11.5. The standard InChI is InChI=1S/C19H20O6/c1-11(20)7-14-8-16(10-18(14)23-12(2)21)24-15-5-3-13-4-6-19(22)25-17(13)9-15/h3-6,9,14,16,18H,7-8,10H2,1-2H3/t14-,16-,18+/m1/s1. The van der Waals surface area contributed by atoms with Crippen molar-refractivity contribution in [2.45, 2.75) is 45.3 Å². The van der Waals surface area contributed by atoms with Crippen molar-refractivity contribution in [1.29, 1.82) is 0 Å². The number of ketones is 1. The number of carbonyl (C=O) groups is 2. The van der Waals surface area contributed by atoms with Crippen molar-refractivity contribution in [2.24, 2.45) is 5.92 Å². The lowest BCUT2D eigenvalue weighted by molar-refractivity contribution is -0.148. The molecule has 0 spiro atoms. The van der Waals surface area contributed by atoms with Crippen LogP contribution in [0.2, 0.25) is 0 Å². The fourth-order valence-electron chi connectivity index (χ4n) is 3.38. The minimum absolute atomic E-state index is 0.0372. The third-order valence-corrected chi connectivity index (χ3v) is 4.35.